The molecule has 4 nitrogen and oxygen atoms in total. The number of hydrazone groups is 1. The molecule has 1 unspecified atom stereocenters. The number of carbonyl (C=O) groups is 1. The molecule has 0 radical (unpaired) electrons. The summed E-state index contributed by atoms with van der Waals surface area (Å²) < 4.78 is 18.7. The van der Waals surface area contributed by atoms with Crippen molar-refractivity contribution in [3.63, 3.8) is 0 Å². The van der Waals surface area contributed by atoms with Crippen LogP contribution < -0.4 is 10.2 Å². The number of carbonyl (C=O) groups excluding carboxylic acids is 1. The summed E-state index contributed by atoms with van der Waals surface area (Å²) in [6.07, 6.45) is 0.653. The number of nitrogens with one attached hydrogen (secondary N) is 1. The molecule has 3 rings (SSSR count). The van der Waals surface area contributed by atoms with Gasteiger partial charge in [0.15, 0.2) is 6.10 Å². The van der Waals surface area contributed by atoms with Gasteiger partial charge in [-0.1, -0.05) is 54.6 Å². The third-order valence-corrected chi connectivity index (χ3v) is 3.88. The van der Waals surface area contributed by atoms with Gasteiger partial charge in [-0.25, -0.2) is 9.82 Å². The maximum atomic E-state index is 13.1. The van der Waals surface area contributed by atoms with Gasteiger partial charge < -0.3 is 4.74 Å². The van der Waals surface area contributed by atoms with Crippen LogP contribution in [-0.2, 0) is 4.79 Å². The minimum Gasteiger partial charge on any atom is -0.481 e. The summed E-state index contributed by atoms with van der Waals surface area (Å²) in [7, 11) is 0. The Morgan fingerprint density at radius 1 is 1.00 bits per heavy atom. The zero-order chi connectivity index (χ0) is 19.1. The second-order valence-corrected chi connectivity index (χ2v) is 5.94. The van der Waals surface area contributed by atoms with E-state index in [-0.39, 0.29) is 5.82 Å². The van der Waals surface area contributed by atoms with Gasteiger partial charge in [-0.05, 0) is 47.9 Å². The number of nitrogens with zero attached hydrogens (tertiary/aromatic N) is 1. The maximum absolute atomic E-state index is 13.1. The summed E-state index contributed by atoms with van der Waals surface area (Å²) in [4.78, 5) is 12.1. The van der Waals surface area contributed by atoms with E-state index in [2.05, 4.69) is 10.5 Å². The smallest absolute Gasteiger partial charge is 0.280 e. The van der Waals surface area contributed by atoms with Crippen molar-refractivity contribution in [3.8, 4) is 16.9 Å². The molecule has 3 aromatic rings. The van der Waals surface area contributed by atoms with Crippen molar-refractivity contribution in [1.29, 1.82) is 0 Å². The van der Waals surface area contributed by atoms with E-state index >= 15 is 0 Å². The van der Waals surface area contributed by atoms with E-state index in [1.807, 2.05) is 54.6 Å². The van der Waals surface area contributed by atoms with Crippen LogP contribution >= 0.6 is 0 Å². The highest BCUT2D eigenvalue weighted by atomic mass is 19.1. The fourth-order valence-electron chi connectivity index (χ4n) is 2.46. The summed E-state index contributed by atoms with van der Waals surface area (Å²) >= 11 is 0. The highest BCUT2D eigenvalue weighted by Crippen LogP contribution is 2.22. The highest BCUT2D eigenvalue weighted by molar-refractivity contribution is 5.84. The molecule has 0 spiro atoms. The first-order valence-electron chi connectivity index (χ1n) is 8.52. The molecule has 0 heterocycles. The van der Waals surface area contributed by atoms with Crippen molar-refractivity contribution in [3.05, 3.63) is 90.2 Å². The minimum atomic E-state index is -0.725. The molecule has 0 saturated carbocycles. The molecule has 0 saturated heterocycles. The lowest BCUT2D eigenvalue weighted by atomic mass is 10.1. The molecule has 5 heteroatoms. The van der Waals surface area contributed by atoms with Gasteiger partial charge in [0, 0.05) is 0 Å². The molecular formula is C22H19FN2O2. The Kier molecular flexibility index (Phi) is 5.94. The molecule has 0 bridgehead atoms. The van der Waals surface area contributed by atoms with Crippen LogP contribution in [0.15, 0.2) is 84.0 Å². The van der Waals surface area contributed by atoms with Crippen LogP contribution in [0.4, 0.5) is 4.39 Å². The first kappa shape index (κ1) is 18.3. The lowest BCUT2D eigenvalue weighted by Crippen LogP contribution is -2.33. The van der Waals surface area contributed by atoms with E-state index in [4.69, 9.17) is 4.74 Å². The van der Waals surface area contributed by atoms with Gasteiger partial charge in [0.05, 0.1) is 6.21 Å². The second kappa shape index (κ2) is 8.76. The zero-order valence-corrected chi connectivity index (χ0v) is 14.8. The average molecular weight is 362 g/mol. The maximum Gasteiger partial charge on any atom is 0.280 e. The normalized spacial score (nSPS) is 11.9. The summed E-state index contributed by atoms with van der Waals surface area (Å²) in [6.45, 7) is 1.64. The van der Waals surface area contributed by atoms with Crippen molar-refractivity contribution >= 4 is 12.1 Å². The lowest BCUT2D eigenvalue weighted by Gasteiger charge is -2.13. The molecule has 1 amide bonds. The number of hydrogen-bond donors (Lipinski definition) is 1. The monoisotopic (exact) mass is 362 g/mol. The fraction of sp³-hybridized carbons (Fsp3) is 0.0909. The van der Waals surface area contributed by atoms with E-state index in [0.29, 0.717) is 11.3 Å². The Morgan fingerprint density at radius 3 is 2.41 bits per heavy atom. The van der Waals surface area contributed by atoms with Crippen molar-refractivity contribution in [1.82, 2.24) is 5.43 Å². The van der Waals surface area contributed by atoms with Gasteiger partial charge in [-0.15, -0.1) is 0 Å². The number of ether oxygens (including phenoxy) is 1. The van der Waals surface area contributed by atoms with Gasteiger partial charge in [-0.2, -0.15) is 5.10 Å². The summed E-state index contributed by atoms with van der Waals surface area (Å²) in [6, 6.07) is 23.4. The molecule has 0 fully saturated rings. The molecule has 1 atom stereocenters. The SMILES string of the molecule is CC(Oc1ccc(-c2ccccc2)cc1)C(=O)N/N=C/c1cccc(F)c1. The first-order chi connectivity index (χ1) is 13.1. The molecule has 0 aliphatic rings. The molecule has 1 N–H and O–H groups in total. The van der Waals surface area contributed by atoms with E-state index in [9.17, 15) is 9.18 Å². The van der Waals surface area contributed by atoms with Crippen LogP contribution in [0.5, 0.6) is 5.75 Å². The molecule has 0 aliphatic carbocycles. The molecule has 0 aromatic heterocycles. The number of hydrogen-bond acceptors (Lipinski definition) is 3. The van der Waals surface area contributed by atoms with E-state index < -0.39 is 12.0 Å². The van der Waals surface area contributed by atoms with E-state index in [1.165, 1.54) is 18.3 Å². The van der Waals surface area contributed by atoms with Gasteiger partial charge in [0.25, 0.3) is 5.91 Å². The Labute approximate surface area is 157 Å². The number of halogens is 1. The second-order valence-electron chi connectivity index (χ2n) is 5.94. The predicted octanol–water partition coefficient (Wildman–Crippen LogP) is 4.41. The standard InChI is InChI=1S/C22H19FN2O2/c1-16(22(26)25-24-15-17-6-5-9-20(23)14-17)27-21-12-10-19(11-13-21)18-7-3-2-4-8-18/h2-16H,1H3,(H,25,26)/b24-15+. The fourth-order valence-corrected chi connectivity index (χ4v) is 2.46. The Bertz CT molecular complexity index is 925. The average Bonchev–Trinajstić information content (AvgIpc) is 2.69. The summed E-state index contributed by atoms with van der Waals surface area (Å²) in [5.41, 5.74) is 5.13. The summed E-state index contributed by atoms with van der Waals surface area (Å²) in [5.74, 6) is -0.165. The van der Waals surface area contributed by atoms with Gasteiger partial charge >= 0.3 is 0 Å². The van der Waals surface area contributed by atoms with Gasteiger partial charge in [0.2, 0.25) is 0 Å². The highest BCUT2D eigenvalue weighted by Gasteiger charge is 2.13. The van der Waals surface area contributed by atoms with Crippen molar-refractivity contribution < 1.29 is 13.9 Å². The van der Waals surface area contributed by atoms with Gasteiger partial charge in [0.1, 0.15) is 11.6 Å². The van der Waals surface area contributed by atoms with Crippen LogP contribution in [-0.4, -0.2) is 18.2 Å². The molecular weight excluding hydrogens is 343 g/mol. The van der Waals surface area contributed by atoms with Gasteiger partial charge in [-0.3, -0.25) is 4.79 Å². The third kappa shape index (κ3) is 5.25. The third-order valence-electron chi connectivity index (χ3n) is 3.88. The molecule has 3 aromatic carbocycles. The summed E-state index contributed by atoms with van der Waals surface area (Å²) in [5, 5.41) is 3.83. The molecule has 0 aliphatic heterocycles. The van der Waals surface area contributed by atoms with E-state index in [0.717, 1.165) is 11.1 Å². The number of benzene rings is 3. The largest absolute Gasteiger partial charge is 0.481 e. The number of rotatable bonds is 6. The van der Waals surface area contributed by atoms with Crippen molar-refractivity contribution in [2.45, 2.75) is 13.0 Å². The first-order valence-corrected chi connectivity index (χ1v) is 8.52. The van der Waals surface area contributed by atoms with Crippen molar-refractivity contribution in [2.75, 3.05) is 0 Å². The predicted molar refractivity (Wildman–Crippen MR) is 104 cm³/mol. The Balaban J connectivity index is 1.55. The topological polar surface area (TPSA) is 50.7 Å². The van der Waals surface area contributed by atoms with Crippen LogP contribution in [0, 0.1) is 5.82 Å². The Hall–Kier alpha value is -3.47. The number of amides is 1. The molecule has 27 heavy (non-hydrogen) atoms. The quantitative estimate of drug-likeness (QED) is 0.522. The van der Waals surface area contributed by atoms with Crippen LogP contribution in [0.25, 0.3) is 11.1 Å². The van der Waals surface area contributed by atoms with Crippen molar-refractivity contribution in [2.24, 2.45) is 5.10 Å². The minimum absolute atomic E-state index is 0.360. The molecule has 136 valence electrons. The van der Waals surface area contributed by atoms with E-state index in [1.54, 1.807) is 19.1 Å². The Morgan fingerprint density at radius 2 is 1.70 bits per heavy atom. The van der Waals surface area contributed by atoms with Crippen LogP contribution in [0.2, 0.25) is 0 Å². The zero-order valence-electron chi connectivity index (χ0n) is 14.8. The van der Waals surface area contributed by atoms with Crippen LogP contribution in [0.3, 0.4) is 0 Å². The van der Waals surface area contributed by atoms with Crippen LogP contribution in [0.1, 0.15) is 12.5 Å². The lowest BCUT2D eigenvalue weighted by molar-refractivity contribution is -0.127.